The molecule has 0 bridgehead atoms. The molecule has 0 atom stereocenters. The largest absolute Gasteiger partial charge is 0.490 e. The second kappa shape index (κ2) is 9.76. The molecule has 0 radical (unpaired) electrons. The van der Waals surface area contributed by atoms with E-state index >= 15 is 0 Å². The van der Waals surface area contributed by atoms with E-state index in [4.69, 9.17) is 27.9 Å². The fraction of sp³-hybridized carbons (Fsp3) is 0.316. The molecule has 0 aliphatic rings. The van der Waals surface area contributed by atoms with Gasteiger partial charge in [0.15, 0.2) is 0 Å². The molecule has 0 aliphatic carbocycles. The predicted octanol–water partition coefficient (Wildman–Crippen LogP) is 5.11. The Morgan fingerprint density at radius 3 is 2.54 bits per heavy atom. The summed E-state index contributed by atoms with van der Waals surface area (Å²) in [7, 11) is 0. The number of hydrogen-bond acceptors (Lipinski definition) is 3. The zero-order valence-corrected chi connectivity index (χ0v) is 16.2. The minimum Gasteiger partial charge on any atom is -0.490 e. The molecule has 0 aliphatic heterocycles. The Hall–Kier alpha value is -1.82. The van der Waals surface area contributed by atoms with Crippen molar-refractivity contribution in [3.05, 3.63) is 57.8 Å². The van der Waals surface area contributed by atoms with Crippen LogP contribution in [0.4, 0.5) is 10.1 Å². The predicted molar refractivity (Wildman–Crippen MR) is 104 cm³/mol. The third-order valence-electron chi connectivity index (χ3n) is 3.95. The first-order chi connectivity index (χ1) is 12.5. The van der Waals surface area contributed by atoms with Crippen LogP contribution in [0.2, 0.25) is 10.0 Å². The van der Waals surface area contributed by atoms with E-state index in [1.807, 2.05) is 6.07 Å². The molecule has 0 heterocycles. The molecule has 0 spiro atoms. The van der Waals surface area contributed by atoms with Gasteiger partial charge in [-0.25, -0.2) is 4.39 Å². The van der Waals surface area contributed by atoms with Gasteiger partial charge in [0.1, 0.15) is 18.2 Å². The summed E-state index contributed by atoms with van der Waals surface area (Å²) in [6, 6.07) is 9.30. The molecule has 1 amide bonds. The number of para-hydroxylation sites is 2. The maximum Gasteiger partial charge on any atom is 0.257 e. The van der Waals surface area contributed by atoms with Crippen LogP contribution in [0, 0.1) is 5.82 Å². The highest BCUT2D eigenvalue weighted by atomic mass is 35.5. The van der Waals surface area contributed by atoms with Crippen LogP contribution in [0.15, 0.2) is 36.4 Å². The van der Waals surface area contributed by atoms with Crippen molar-refractivity contribution in [1.82, 2.24) is 4.90 Å². The summed E-state index contributed by atoms with van der Waals surface area (Å²) in [5, 5.41) is 2.65. The second-order valence-corrected chi connectivity index (χ2v) is 6.39. The third kappa shape index (κ3) is 5.34. The molecule has 0 saturated carbocycles. The lowest BCUT2D eigenvalue weighted by molar-refractivity contribution is 0.102. The highest BCUT2D eigenvalue weighted by Gasteiger charge is 2.16. The lowest BCUT2D eigenvalue weighted by Crippen LogP contribution is -2.28. The van der Waals surface area contributed by atoms with E-state index in [1.165, 1.54) is 6.07 Å². The number of anilines is 1. The van der Waals surface area contributed by atoms with Crippen molar-refractivity contribution in [3.8, 4) is 5.75 Å². The number of halogens is 3. The lowest BCUT2D eigenvalue weighted by atomic mass is 10.2. The zero-order valence-electron chi connectivity index (χ0n) is 14.7. The summed E-state index contributed by atoms with van der Waals surface area (Å²) in [5.41, 5.74) is 0.495. The van der Waals surface area contributed by atoms with Gasteiger partial charge in [0.25, 0.3) is 5.91 Å². The van der Waals surface area contributed by atoms with Gasteiger partial charge in [-0.3, -0.25) is 4.79 Å². The summed E-state index contributed by atoms with van der Waals surface area (Å²) in [6.45, 7) is 7.34. The zero-order chi connectivity index (χ0) is 19.1. The number of likely N-dealkylation sites (N-methyl/N-ethyl adjacent to an activating group) is 1. The van der Waals surface area contributed by atoms with Crippen molar-refractivity contribution in [3.63, 3.8) is 0 Å². The first-order valence-electron chi connectivity index (χ1n) is 8.36. The quantitative estimate of drug-likeness (QED) is 0.628. The molecular formula is C19H21Cl2FN2O2. The Labute approximate surface area is 162 Å². The summed E-state index contributed by atoms with van der Waals surface area (Å²) in [4.78, 5) is 14.7. The molecule has 2 aromatic carbocycles. The minimum atomic E-state index is -0.704. The molecule has 0 unspecified atom stereocenters. The first kappa shape index (κ1) is 20.5. The SMILES string of the molecule is CCN(CC)CCOc1ccccc1NC(=O)c1cc(F)c(Cl)cc1Cl. The first-order valence-corrected chi connectivity index (χ1v) is 9.11. The second-order valence-electron chi connectivity index (χ2n) is 5.57. The summed E-state index contributed by atoms with van der Waals surface area (Å²) < 4.78 is 19.4. The van der Waals surface area contributed by atoms with E-state index in [-0.39, 0.29) is 15.6 Å². The fourth-order valence-corrected chi connectivity index (χ4v) is 2.88. The van der Waals surface area contributed by atoms with Crippen molar-refractivity contribution in [1.29, 1.82) is 0 Å². The Morgan fingerprint density at radius 2 is 1.85 bits per heavy atom. The summed E-state index contributed by atoms with van der Waals surface area (Å²) >= 11 is 11.7. The third-order valence-corrected chi connectivity index (χ3v) is 4.55. The van der Waals surface area contributed by atoms with Crippen LogP contribution in [-0.2, 0) is 0 Å². The smallest absolute Gasteiger partial charge is 0.257 e. The minimum absolute atomic E-state index is 0.00603. The van der Waals surface area contributed by atoms with E-state index in [9.17, 15) is 9.18 Å². The standard InChI is InChI=1S/C19H21Cl2FN2O2/c1-3-24(4-2)9-10-26-18-8-6-5-7-17(18)23-19(25)13-11-16(22)15(21)12-14(13)20/h5-8,11-12H,3-4,9-10H2,1-2H3,(H,23,25). The van der Waals surface area contributed by atoms with Gasteiger partial charge in [-0.1, -0.05) is 49.2 Å². The van der Waals surface area contributed by atoms with Crippen LogP contribution in [0.1, 0.15) is 24.2 Å². The van der Waals surface area contributed by atoms with Crippen LogP contribution in [0.25, 0.3) is 0 Å². The molecule has 2 aromatic rings. The van der Waals surface area contributed by atoms with E-state index < -0.39 is 11.7 Å². The lowest BCUT2D eigenvalue weighted by Gasteiger charge is -2.19. The van der Waals surface area contributed by atoms with E-state index in [0.717, 1.165) is 25.7 Å². The molecule has 0 aromatic heterocycles. The molecular weight excluding hydrogens is 378 g/mol. The number of amides is 1. The highest BCUT2D eigenvalue weighted by Crippen LogP contribution is 2.28. The number of nitrogens with zero attached hydrogens (tertiary/aromatic N) is 1. The van der Waals surface area contributed by atoms with Crippen molar-refractivity contribution in [2.45, 2.75) is 13.8 Å². The van der Waals surface area contributed by atoms with Crippen LogP contribution in [0.5, 0.6) is 5.75 Å². The van der Waals surface area contributed by atoms with Gasteiger partial charge >= 0.3 is 0 Å². The normalized spacial score (nSPS) is 10.8. The highest BCUT2D eigenvalue weighted by molar-refractivity contribution is 6.37. The van der Waals surface area contributed by atoms with Crippen LogP contribution < -0.4 is 10.1 Å². The maximum atomic E-state index is 13.6. The van der Waals surface area contributed by atoms with Crippen molar-refractivity contribution in [2.24, 2.45) is 0 Å². The molecule has 7 heteroatoms. The number of carbonyl (C=O) groups excluding carboxylic acids is 1. The number of benzene rings is 2. The number of nitrogens with one attached hydrogen (secondary N) is 1. The molecule has 140 valence electrons. The number of ether oxygens (including phenoxy) is 1. The Kier molecular flexibility index (Phi) is 7.69. The van der Waals surface area contributed by atoms with Crippen LogP contribution in [0.3, 0.4) is 0 Å². The van der Waals surface area contributed by atoms with Gasteiger partial charge in [0, 0.05) is 6.54 Å². The summed E-state index contributed by atoms with van der Waals surface area (Å²) in [6.07, 6.45) is 0. The Bertz CT molecular complexity index is 767. The number of carbonyl (C=O) groups is 1. The monoisotopic (exact) mass is 398 g/mol. The van der Waals surface area contributed by atoms with Crippen molar-refractivity contribution < 1.29 is 13.9 Å². The van der Waals surface area contributed by atoms with Crippen LogP contribution in [-0.4, -0.2) is 37.0 Å². The number of hydrogen-bond donors (Lipinski definition) is 1. The van der Waals surface area contributed by atoms with Crippen molar-refractivity contribution in [2.75, 3.05) is 31.6 Å². The van der Waals surface area contributed by atoms with Gasteiger partial charge in [-0.05, 0) is 37.4 Å². The topological polar surface area (TPSA) is 41.6 Å². The molecule has 0 fully saturated rings. The Morgan fingerprint density at radius 1 is 1.15 bits per heavy atom. The molecule has 0 saturated heterocycles. The van der Waals surface area contributed by atoms with Gasteiger partial charge in [0.05, 0.1) is 21.3 Å². The van der Waals surface area contributed by atoms with E-state index in [2.05, 4.69) is 24.1 Å². The maximum absolute atomic E-state index is 13.6. The fourth-order valence-electron chi connectivity index (χ4n) is 2.41. The van der Waals surface area contributed by atoms with Crippen molar-refractivity contribution >= 4 is 34.8 Å². The number of rotatable bonds is 8. The van der Waals surface area contributed by atoms with Gasteiger partial charge in [0.2, 0.25) is 0 Å². The molecule has 4 nitrogen and oxygen atoms in total. The Balaban J connectivity index is 2.10. The average Bonchev–Trinajstić information content (AvgIpc) is 2.63. The average molecular weight is 399 g/mol. The molecule has 26 heavy (non-hydrogen) atoms. The van der Waals surface area contributed by atoms with E-state index in [1.54, 1.807) is 18.2 Å². The van der Waals surface area contributed by atoms with Crippen LogP contribution >= 0.6 is 23.2 Å². The van der Waals surface area contributed by atoms with Gasteiger partial charge in [-0.2, -0.15) is 0 Å². The van der Waals surface area contributed by atoms with Gasteiger partial charge in [-0.15, -0.1) is 0 Å². The van der Waals surface area contributed by atoms with E-state index in [0.29, 0.717) is 18.0 Å². The molecule has 2 rings (SSSR count). The summed E-state index contributed by atoms with van der Waals surface area (Å²) in [5.74, 6) is -0.700. The van der Waals surface area contributed by atoms with Gasteiger partial charge < -0.3 is 15.0 Å². The molecule has 1 N–H and O–H groups in total.